The van der Waals surface area contributed by atoms with E-state index in [9.17, 15) is 14.0 Å². The number of aromatic nitrogens is 2. The van der Waals surface area contributed by atoms with Gasteiger partial charge in [-0.2, -0.15) is 4.98 Å². The minimum Gasteiger partial charge on any atom is -0.463 e. The summed E-state index contributed by atoms with van der Waals surface area (Å²) in [6.07, 6.45) is 2.01. The number of benzene rings is 1. The molecule has 2 aromatic heterocycles. The van der Waals surface area contributed by atoms with Gasteiger partial charge in [-0.15, -0.1) is 0 Å². The van der Waals surface area contributed by atoms with E-state index in [0.717, 1.165) is 5.56 Å². The summed E-state index contributed by atoms with van der Waals surface area (Å²) in [4.78, 5) is 29.9. The van der Waals surface area contributed by atoms with Crippen molar-refractivity contribution in [3.63, 3.8) is 0 Å². The van der Waals surface area contributed by atoms with Gasteiger partial charge in [-0.05, 0) is 42.3 Å². The van der Waals surface area contributed by atoms with E-state index < -0.39 is 11.6 Å². The van der Waals surface area contributed by atoms with Gasteiger partial charge in [-0.1, -0.05) is 12.1 Å². The van der Waals surface area contributed by atoms with Crippen molar-refractivity contribution < 1.29 is 13.6 Å². The molecule has 6 nitrogen and oxygen atoms in total. The fourth-order valence-electron chi connectivity index (χ4n) is 2.20. The van der Waals surface area contributed by atoms with Gasteiger partial charge in [0.2, 0.25) is 0 Å². The molecule has 3 rings (SSSR count). The molecule has 0 aliphatic carbocycles. The summed E-state index contributed by atoms with van der Waals surface area (Å²) in [6.45, 7) is 0.342. The maximum atomic E-state index is 12.8. The zero-order chi connectivity index (χ0) is 16.9. The summed E-state index contributed by atoms with van der Waals surface area (Å²) in [6, 6.07) is 10.8. The molecule has 3 aromatic rings. The van der Waals surface area contributed by atoms with Crippen LogP contribution < -0.4 is 11.0 Å². The molecule has 0 aliphatic heterocycles. The normalized spacial score (nSPS) is 10.5. The summed E-state index contributed by atoms with van der Waals surface area (Å²) in [5.41, 5.74) is 0.646. The van der Waals surface area contributed by atoms with Crippen LogP contribution in [0.5, 0.6) is 0 Å². The van der Waals surface area contributed by atoms with E-state index in [1.165, 1.54) is 24.5 Å². The Morgan fingerprint density at radius 3 is 2.75 bits per heavy atom. The molecule has 0 unspecified atom stereocenters. The number of halogens is 1. The summed E-state index contributed by atoms with van der Waals surface area (Å²) >= 11 is 0. The largest absolute Gasteiger partial charge is 0.463 e. The standard InChI is InChI=1S/C17H14FN3O3/c18-12-5-3-11(4-6-12)7-8-19-16(22)14-10-13(20-17(23)21-14)15-2-1-9-24-15/h1-6,9-10H,7-8H2,(H,19,22)(H,20,21,23). The highest BCUT2D eigenvalue weighted by atomic mass is 19.1. The lowest BCUT2D eigenvalue weighted by Crippen LogP contribution is -2.29. The Morgan fingerprint density at radius 2 is 2.04 bits per heavy atom. The van der Waals surface area contributed by atoms with Gasteiger partial charge in [0.15, 0.2) is 0 Å². The highest BCUT2D eigenvalue weighted by Crippen LogP contribution is 2.16. The minimum absolute atomic E-state index is 0.00394. The Balaban J connectivity index is 1.66. The third kappa shape index (κ3) is 3.75. The number of amides is 1. The van der Waals surface area contributed by atoms with E-state index in [1.54, 1.807) is 24.3 Å². The Hall–Kier alpha value is -3.22. The topological polar surface area (TPSA) is 88.0 Å². The van der Waals surface area contributed by atoms with Gasteiger partial charge < -0.3 is 14.7 Å². The zero-order valence-electron chi connectivity index (χ0n) is 12.6. The molecular formula is C17H14FN3O3. The second-order valence-corrected chi connectivity index (χ2v) is 5.09. The highest BCUT2D eigenvalue weighted by Gasteiger charge is 2.12. The highest BCUT2D eigenvalue weighted by molar-refractivity contribution is 5.92. The van der Waals surface area contributed by atoms with Crippen LogP contribution in [0.1, 0.15) is 16.1 Å². The number of rotatable bonds is 5. The monoisotopic (exact) mass is 327 g/mol. The summed E-state index contributed by atoms with van der Waals surface area (Å²) in [5, 5.41) is 2.68. The number of hydrogen-bond donors (Lipinski definition) is 2. The van der Waals surface area contributed by atoms with Crippen molar-refractivity contribution in [1.29, 1.82) is 0 Å². The van der Waals surface area contributed by atoms with Crippen molar-refractivity contribution in [3.05, 3.63) is 76.3 Å². The molecule has 7 heteroatoms. The Labute approximate surface area is 136 Å². The Bertz CT molecular complexity index is 886. The van der Waals surface area contributed by atoms with Crippen LogP contribution in [0.25, 0.3) is 11.5 Å². The second kappa shape index (κ2) is 6.91. The van der Waals surface area contributed by atoms with Gasteiger partial charge in [-0.25, -0.2) is 9.18 Å². The molecule has 1 amide bonds. The molecule has 1 aromatic carbocycles. The first-order valence-corrected chi connectivity index (χ1v) is 7.30. The zero-order valence-corrected chi connectivity index (χ0v) is 12.6. The molecule has 2 heterocycles. The number of carbonyl (C=O) groups excluding carboxylic acids is 1. The molecule has 0 saturated heterocycles. The summed E-state index contributed by atoms with van der Waals surface area (Å²) in [5.74, 6) is -0.327. The molecule has 122 valence electrons. The molecule has 0 radical (unpaired) electrons. The smallest absolute Gasteiger partial charge is 0.346 e. The average Bonchev–Trinajstić information content (AvgIpc) is 3.10. The molecule has 0 fully saturated rings. The van der Waals surface area contributed by atoms with Crippen molar-refractivity contribution in [1.82, 2.24) is 15.3 Å². The van der Waals surface area contributed by atoms with Crippen molar-refractivity contribution in [2.45, 2.75) is 6.42 Å². The van der Waals surface area contributed by atoms with Crippen LogP contribution >= 0.6 is 0 Å². The fraction of sp³-hybridized carbons (Fsp3) is 0.118. The van der Waals surface area contributed by atoms with Crippen LogP contribution in [-0.2, 0) is 6.42 Å². The number of H-pyrrole nitrogens is 1. The van der Waals surface area contributed by atoms with E-state index >= 15 is 0 Å². The lowest BCUT2D eigenvalue weighted by Gasteiger charge is -2.06. The summed E-state index contributed by atoms with van der Waals surface area (Å²) in [7, 11) is 0. The van der Waals surface area contributed by atoms with Gasteiger partial charge in [0, 0.05) is 6.54 Å². The van der Waals surface area contributed by atoms with E-state index in [1.807, 2.05) is 0 Å². The first-order chi connectivity index (χ1) is 11.6. The number of nitrogens with zero attached hydrogens (tertiary/aromatic N) is 1. The number of carbonyl (C=O) groups is 1. The van der Waals surface area contributed by atoms with Crippen molar-refractivity contribution in [2.24, 2.45) is 0 Å². The number of aromatic amines is 1. The first-order valence-electron chi connectivity index (χ1n) is 7.30. The molecular weight excluding hydrogens is 313 g/mol. The van der Waals surface area contributed by atoms with Gasteiger partial charge in [0.25, 0.3) is 5.91 Å². The molecule has 24 heavy (non-hydrogen) atoms. The van der Waals surface area contributed by atoms with Gasteiger partial charge >= 0.3 is 5.69 Å². The Morgan fingerprint density at radius 1 is 1.25 bits per heavy atom. The maximum absolute atomic E-state index is 12.8. The molecule has 0 bridgehead atoms. The average molecular weight is 327 g/mol. The number of hydrogen-bond acceptors (Lipinski definition) is 4. The lowest BCUT2D eigenvalue weighted by molar-refractivity contribution is 0.0948. The third-order valence-corrected chi connectivity index (χ3v) is 3.38. The quantitative estimate of drug-likeness (QED) is 0.751. The van der Waals surface area contributed by atoms with E-state index in [0.29, 0.717) is 24.4 Å². The third-order valence-electron chi connectivity index (χ3n) is 3.38. The second-order valence-electron chi connectivity index (χ2n) is 5.09. The van der Waals surface area contributed by atoms with Crippen LogP contribution in [0, 0.1) is 5.82 Å². The first kappa shape index (κ1) is 15.7. The fourth-order valence-corrected chi connectivity index (χ4v) is 2.20. The van der Waals surface area contributed by atoms with E-state index in [2.05, 4.69) is 15.3 Å². The van der Waals surface area contributed by atoms with Gasteiger partial charge in [0.1, 0.15) is 17.3 Å². The predicted octanol–water partition coefficient (Wildman–Crippen LogP) is 2.14. The van der Waals surface area contributed by atoms with Crippen molar-refractivity contribution >= 4 is 5.91 Å². The van der Waals surface area contributed by atoms with Crippen LogP contribution in [0.2, 0.25) is 0 Å². The molecule has 0 spiro atoms. The summed E-state index contributed by atoms with van der Waals surface area (Å²) < 4.78 is 18.0. The van der Waals surface area contributed by atoms with Gasteiger partial charge in [-0.3, -0.25) is 4.79 Å². The van der Waals surface area contributed by atoms with E-state index in [-0.39, 0.29) is 11.5 Å². The van der Waals surface area contributed by atoms with Crippen molar-refractivity contribution in [3.8, 4) is 11.5 Å². The minimum atomic E-state index is -0.632. The molecule has 0 saturated carbocycles. The van der Waals surface area contributed by atoms with Crippen LogP contribution in [0.3, 0.4) is 0 Å². The number of furan rings is 1. The van der Waals surface area contributed by atoms with Crippen LogP contribution in [0.4, 0.5) is 4.39 Å². The van der Waals surface area contributed by atoms with Crippen LogP contribution in [0.15, 0.2) is 57.9 Å². The Kier molecular flexibility index (Phi) is 4.51. The predicted molar refractivity (Wildman–Crippen MR) is 85.0 cm³/mol. The lowest BCUT2D eigenvalue weighted by atomic mass is 10.1. The molecule has 2 N–H and O–H groups in total. The van der Waals surface area contributed by atoms with Crippen molar-refractivity contribution in [2.75, 3.05) is 6.54 Å². The van der Waals surface area contributed by atoms with Crippen LogP contribution in [-0.4, -0.2) is 22.4 Å². The SMILES string of the molecule is O=C(NCCc1ccc(F)cc1)c1cc(-c2ccco2)[nH]c(=O)n1. The maximum Gasteiger partial charge on any atom is 0.346 e. The number of nitrogens with one attached hydrogen (secondary N) is 2. The molecule has 0 aliphatic rings. The molecule has 0 atom stereocenters. The van der Waals surface area contributed by atoms with E-state index in [4.69, 9.17) is 4.42 Å². The van der Waals surface area contributed by atoms with Gasteiger partial charge in [0.05, 0.1) is 12.0 Å².